The van der Waals surface area contributed by atoms with Crippen LogP contribution in [0.15, 0.2) is 83.4 Å². The number of hydrogen-bond acceptors (Lipinski definition) is 4. The predicted octanol–water partition coefficient (Wildman–Crippen LogP) is 7.21. The monoisotopic (exact) mass is 546 g/mol. The van der Waals surface area contributed by atoms with Gasteiger partial charge in [-0.2, -0.15) is 0 Å². The number of fused-ring (bicyclic) bond motifs is 1. The second kappa shape index (κ2) is 10.7. The van der Waals surface area contributed by atoms with Crippen molar-refractivity contribution in [3.63, 3.8) is 0 Å². The summed E-state index contributed by atoms with van der Waals surface area (Å²) >= 11 is 6.01. The molecule has 2 N–H and O–H groups in total. The van der Waals surface area contributed by atoms with Gasteiger partial charge in [0.05, 0.1) is 28.2 Å². The van der Waals surface area contributed by atoms with Crippen LogP contribution in [0.2, 0.25) is 5.02 Å². The van der Waals surface area contributed by atoms with Crippen LogP contribution in [0.25, 0.3) is 22.1 Å². The number of benzene rings is 4. The lowest BCUT2D eigenvalue weighted by Gasteiger charge is -2.16. The van der Waals surface area contributed by atoms with Crippen molar-refractivity contribution in [2.75, 3.05) is 0 Å². The lowest BCUT2D eigenvalue weighted by Crippen LogP contribution is -2.27. The van der Waals surface area contributed by atoms with Crippen molar-refractivity contribution in [1.29, 1.82) is 0 Å². The van der Waals surface area contributed by atoms with Gasteiger partial charge in [-0.1, -0.05) is 47.1 Å². The van der Waals surface area contributed by atoms with Crippen LogP contribution in [0, 0.1) is 11.6 Å². The summed E-state index contributed by atoms with van der Waals surface area (Å²) in [5, 5.41) is 17.4. The Balaban J connectivity index is 1.56. The Kier molecular flexibility index (Phi) is 7.13. The fourth-order valence-electron chi connectivity index (χ4n) is 4.34. The fraction of sp³-hybridized carbons (Fsp3) is 0.100. The maximum Gasteiger partial charge on any atom is 0.335 e. The van der Waals surface area contributed by atoms with Crippen molar-refractivity contribution in [2.24, 2.45) is 0 Å². The molecule has 6 nitrogen and oxygen atoms in total. The van der Waals surface area contributed by atoms with Crippen molar-refractivity contribution in [2.45, 2.75) is 19.4 Å². The molecule has 0 fully saturated rings. The lowest BCUT2D eigenvalue weighted by atomic mass is 9.96. The molecule has 196 valence electrons. The van der Waals surface area contributed by atoms with Gasteiger partial charge < -0.3 is 14.9 Å². The molecule has 0 radical (unpaired) electrons. The van der Waals surface area contributed by atoms with Crippen LogP contribution in [0.1, 0.15) is 50.5 Å². The Bertz CT molecular complexity index is 1700. The number of carboxylic acids is 1. The van der Waals surface area contributed by atoms with Crippen LogP contribution in [-0.2, 0) is 6.42 Å². The number of aromatic carboxylic acids is 1. The number of carbonyl (C=O) groups excluding carboxylic acids is 1. The smallest absolute Gasteiger partial charge is 0.335 e. The molecule has 1 aromatic heterocycles. The highest BCUT2D eigenvalue weighted by Gasteiger charge is 2.22. The number of carbonyl (C=O) groups is 2. The minimum atomic E-state index is -1.05. The normalized spacial score (nSPS) is 11.9. The maximum absolute atomic E-state index is 14.0. The van der Waals surface area contributed by atoms with Gasteiger partial charge in [0.2, 0.25) is 0 Å². The zero-order chi connectivity index (χ0) is 27.7. The number of nitrogens with zero attached hydrogens (tertiary/aromatic N) is 1. The molecular formula is C30H21ClF2N2O4. The summed E-state index contributed by atoms with van der Waals surface area (Å²) in [6.45, 7) is 1.77. The summed E-state index contributed by atoms with van der Waals surface area (Å²) < 4.78 is 33.2. The van der Waals surface area contributed by atoms with E-state index in [9.17, 15) is 18.4 Å². The SMILES string of the molecule is C[C@H](NC(=O)c1cc(-c2ccc(F)c(F)c2)cc2onc(Cc3ccc(Cl)cc3)c12)c1ccc(C(=O)O)cc1. The number of halogens is 3. The topological polar surface area (TPSA) is 92.4 Å². The summed E-state index contributed by atoms with van der Waals surface area (Å²) in [5.74, 6) is -3.49. The first-order valence-electron chi connectivity index (χ1n) is 12.0. The summed E-state index contributed by atoms with van der Waals surface area (Å²) in [6.07, 6.45) is 0.362. The standard InChI is InChI=1S/C30H21ClF2N2O4/c1-16(18-4-6-19(7-5-18)30(37)38)34-29(36)23-13-21(20-8-11-24(32)25(33)14-20)15-27-28(23)26(35-39-27)12-17-2-9-22(31)10-3-17/h2-11,13-16H,12H2,1H3,(H,34,36)(H,37,38)/t16-/m0/s1. The number of aromatic nitrogens is 1. The number of amides is 1. The molecule has 5 rings (SSSR count). The van der Waals surface area contributed by atoms with E-state index in [0.29, 0.717) is 44.8 Å². The molecule has 1 heterocycles. The van der Waals surface area contributed by atoms with Gasteiger partial charge in [0.25, 0.3) is 5.91 Å². The quantitative estimate of drug-likeness (QED) is 0.225. The molecule has 0 aliphatic heterocycles. The molecule has 39 heavy (non-hydrogen) atoms. The third-order valence-electron chi connectivity index (χ3n) is 6.43. The molecule has 4 aromatic carbocycles. The number of hydrogen-bond donors (Lipinski definition) is 2. The third-order valence-corrected chi connectivity index (χ3v) is 6.68. The molecule has 0 saturated carbocycles. The van der Waals surface area contributed by atoms with Crippen LogP contribution in [0.3, 0.4) is 0 Å². The average Bonchev–Trinajstić information content (AvgIpc) is 3.33. The van der Waals surface area contributed by atoms with E-state index in [2.05, 4.69) is 10.5 Å². The van der Waals surface area contributed by atoms with Gasteiger partial charge in [-0.05, 0) is 77.7 Å². The molecule has 9 heteroatoms. The van der Waals surface area contributed by atoms with Crippen molar-refractivity contribution >= 4 is 34.4 Å². The van der Waals surface area contributed by atoms with Gasteiger partial charge >= 0.3 is 5.97 Å². The third kappa shape index (κ3) is 5.51. The van der Waals surface area contributed by atoms with Gasteiger partial charge in [0.15, 0.2) is 17.2 Å². The van der Waals surface area contributed by atoms with Crippen LogP contribution < -0.4 is 5.32 Å². The fourth-order valence-corrected chi connectivity index (χ4v) is 4.47. The van der Waals surface area contributed by atoms with Gasteiger partial charge in [0.1, 0.15) is 0 Å². The van der Waals surface area contributed by atoms with Crippen molar-refractivity contribution in [1.82, 2.24) is 10.5 Å². The van der Waals surface area contributed by atoms with Crippen LogP contribution in [-0.4, -0.2) is 22.1 Å². The van der Waals surface area contributed by atoms with Crippen LogP contribution in [0.5, 0.6) is 0 Å². The molecule has 1 amide bonds. The molecular weight excluding hydrogens is 526 g/mol. The van der Waals surface area contributed by atoms with E-state index in [1.165, 1.54) is 18.2 Å². The van der Waals surface area contributed by atoms with E-state index < -0.39 is 29.6 Å². The van der Waals surface area contributed by atoms with Gasteiger partial charge in [0, 0.05) is 11.4 Å². The molecule has 0 bridgehead atoms. The van der Waals surface area contributed by atoms with Crippen molar-refractivity contribution in [3.8, 4) is 11.1 Å². The van der Waals surface area contributed by atoms with Crippen LogP contribution in [0.4, 0.5) is 8.78 Å². The Hall–Kier alpha value is -4.56. The first kappa shape index (κ1) is 26.1. The first-order chi connectivity index (χ1) is 18.7. The number of carboxylic acid groups (broad SMARTS) is 1. The molecule has 0 saturated heterocycles. The van der Waals surface area contributed by atoms with Crippen LogP contribution >= 0.6 is 11.6 Å². The van der Waals surface area contributed by atoms with E-state index in [1.807, 2.05) is 12.1 Å². The molecule has 0 spiro atoms. The predicted molar refractivity (Wildman–Crippen MR) is 143 cm³/mol. The molecule has 0 aliphatic rings. The Morgan fingerprint density at radius 1 is 0.949 bits per heavy atom. The Morgan fingerprint density at radius 3 is 2.33 bits per heavy atom. The zero-order valence-electron chi connectivity index (χ0n) is 20.5. The molecule has 1 atom stereocenters. The van der Waals surface area contributed by atoms with Gasteiger partial charge in [-0.3, -0.25) is 4.79 Å². The van der Waals surface area contributed by atoms with E-state index in [-0.39, 0.29) is 11.1 Å². The summed E-state index contributed by atoms with van der Waals surface area (Å²) in [7, 11) is 0. The highest BCUT2D eigenvalue weighted by atomic mass is 35.5. The van der Waals surface area contributed by atoms with E-state index in [1.54, 1.807) is 43.3 Å². The molecule has 5 aromatic rings. The van der Waals surface area contributed by atoms with E-state index in [4.69, 9.17) is 21.2 Å². The second-order valence-electron chi connectivity index (χ2n) is 9.08. The minimum Gasteiger partial charge on any atom is -0.478 e. The van der Waals surface area contributed by atoms with Gasteiger partial charge in [-0.25, -0.2) is 13.6 Å². The Labute approximate surface area is 226 Å². The highest BCUT2D eigenvalue weighted by Crippen LogP contribution is 2.32. The van der Waals surface area contributed by atoms with Crippen molar-refractivity contribution in [3.05, 3.63) is 123 Å². The zero-order valence-corrected chi connectivity index (χ0v) is 21.3. The molecule has 0 unspecified atom stereocenters. The first-order valence-corrected chi connectivity index (χ1v) is 12.3. The molecule has 0 aliphatic carbocycles. The van der Waals surface area contributed by atoms with Gasteiger partial charge in [-0.15, -0.1) is 0 Å². The summed E-state index contributed by atoms with van der Waals surface area (Å²) in [6, 6.07) is 19.6. The average molecular weight is 547 g/mol. The van der Waals surface area contributed by atoms with E-state index in [0.717, 1.165) is 17.7 Å². The summed E-state index contributed by atoms with van der Waals surface area (Å²) in [4.78, 5) is 24.8. The largest absolute Gasteiger partial charge is 0.478 e. The van der Waals surface area contributed by atoms with Crippen molar-refractivity contribution < 1.29 is 28.0 Å². The lowest BCUT2D eigenvalue weighted by molar-refractivity contribution is 0.0696. The number of rotatable bonds is 7. The summed E-state index contributed by atoms with van der Waals surface area (Å²) in [5.41, 5.74) is 3.61. The Morgan fingerprint density at radius 2 is 1.67 bits per heavy atom. The van der Waals surface area contributed by atoms with E-state index >= 15 is 0 Å². The minimum absolute atomic E-state index is 0.134. The second-order valence-corrected chi connectivity index (χ2v) is 9.52. The number of nitrogens with one attached hydrogen (secondary N) is 1. The maximum atomic E-state index is 14.0. The highest BCUT2D eigenvalue weighted by molar-refractivity contribution is 6.30.